The van der Waals surface area contributed by atoms with Crippen molar-refractivity contribution >= 4 is 0 Å². The first-order chi connectivity index (χ1) is 6.40. The van der Waals surface area contributed by atoms with Crippen LogP contribution in [-0.4, -0.2) is 13.2 Å². The van der Waals surface area contributed by atoms with Crippen molar-refractivity contribution in [3.8, 4) is 11.5 Å². The maximum absolute atomic E-state index is 5.49. The zero-order chi connectivity index (χ0) is 9.10. The van der Waals surface area contributed by atoms with Crippen molar-refractivity contribution in [2.45, 2.75) is 19.8 Å². The van der Waals surface area contributed by atoms with Crippen LogP contribution < -0.4 is 9.47 Å². The average molecular weight is 178 g/mol. The van der Waals surface area contributed by atoms with E-state index in [-0.39, 0.29) is 0 Å². The summed E-state index contributed by atoms with van der Waals surface area (Å²) in [6.45, 7) is 3.51. The Morgan fingerprint density at radius 2 is 1.92 bits per heavy atom. The van der Waals surface area contributed by atoms with E-state index < -0.39 is 0 Å². The zero-order valence-corrected chi connectivity index (χ0v) is 7.88. The molecule has 0 bridgehead atoms. The van der Waals surface area contributed by atoms with Crippen molar-refractivity contribution in [2.24, 2.45) is 0 Å². The molecule has 0 N–H and O–H groups in total. The minimum Gasteiger partial charge on any atom is -0.486 e. The van der Waals surface area contributed by atoms with Gasteiger partial charge in [0.15, 0.2) is 11.5 Å². The van der Waals surface area contributed by atoms with Crippen molar-refractivity contribution in [1.82, 2.24) is 0 Å². The quantitative estimate of drug-likeness (QED) is 0.692. The molecule has 0 fully saturated rings. The molecule has 1 aromatic rings. The lowest BCUT2D eigenvalue weighted by Gasteiger charge is -2.18. The highest BCUT2D eigenvalue weighted by Crippen LogP contribution is 2.30. The number of fused-ring (bicyclic) bond motifs is 1. The molecule has 1 aliphatic rings. The van der Waals surface area contributed by atoms with Crippen LogP contribution in [0.15, 0.2) is 18.2 Å². The SMILES string of the molecule is CCCc1ccc2c(c1)OCCO2. The molecule has 0 aliphatic carbocycles. The highest BCUT2D eigenvalue weighted by Gasteiger charge is 2.10. The first-order valence-electron chi connectivity index (χ1n) is 4.78. The maximum Gasteiger partial charge on any atom is 0.161 e. The molecule has 0 amide bonds. The molecule has 0 radical (unpaired) electrons. The second kappa shape index (κ2) is 3.69. The molecule has 70 valence electrons. The van der Waals surface area contributed by atoms with Crippen molar-refractivity contribution in [3.05, 3.63) is 23.8 Å². The third kappa shape index (κ3) is 1.77. The Morgan fingerprint density at radius 3 is 2.69 bits per heavy atom. The summed E-state index contributed by atoms with van der Waals surface area (Å²) in [6.07, 6.45) is 2.27. The highest BCUT2D eigenvalue weighted by molar-refractivity contribution is 5.43. The van der Waals surface area contributed by atoms with Gasteiger partial charge in [0, 0.05) is 0 Å². The molecule has 1 aliphatic heterocycles. The second-order valence-corrected chi connectivity index (χ2v) is 3.23. The van der Waals surface area contributed by atoms with Crippen molar-refractivity contribution < 1.29 is 9.47 Å². The Morgan fingerprint density at radius 1 is 1.15 bits per heavy atom. The fourth-order valence-electron chi connectivity index (χ4n) is 1.53. The van der Waals surface area contributed by atoms with Gasteiger partial charge < -0.3 is 9.47 Å². The number of aryl methyl sites for hydroxylation is 1. The van der Waals surface area contributed by atoms with Crippen LogP contribution in [0.4, 0.5) is 0 Å². The third-order valence-electron chi connectivity index (χ3n) is 2.15. The van der Waals surface area contributed by atoms with E-state index in [1.165, 1.54) is 12.0 Å². The Kier molecular flexibility index (Phi) is 2.39. The number of ether oxygens (including phenoxy) is 2. The van der Waals surface area contributed by atoms with E-state index in [2.05, 4.69) is 19.1 Å². The fraction of sp³-hybridized carbons (Fsp3) is 0.455. The van der Waals surface area contributed by atoms with Crippen LogP contribution >= 0.6 is 0 Å². The average Bonchev–Trinajstić information content (AvgIpc) is 2.18. The summed E-state index contributed by atoms with van der Waals surface area (Å²) in [5.41, 5.74) is 1.33. The van der Waals surface area contributed by atoms with Gasteiger partial charge in [-0.05, 0) is 24.1 Å². The monoisotopic (exact) mass is 178 g/mol. The Bertz CT molecular complexity index is 294. The van der Waals surface area contributed by atoms with E-state index in [1.54, 1.807) is 0 Å². The maximum atomic E-state index is 5.49. The van der Waals surface area contributed by atoms with E-state index >= 15 is 0 Å². The predicted molar refractivity (Wildman–Crippen MR) is 51.4 cm³/mol. The van der Waals surface area contributed by atoms with Crippen LogP contribution in [0.5, 0.6) is 11.5 Å². The minimum atomic E-state index is 0.667. The number of benzene rings is 1. The van der Waals surface area contributed by atoms with Crippen molar-refractivity contribution in [3.63, 3.8) is 0 Å². The second-order valence-electron chi connectivity index (χ2n) is 3.23. The van der Waals surface area contributed by atoms with E-state index in [1.807, 2.05) is 6.07 Å². The topological polar surface area (TPSA) is 18.5 Å². The number of rotatable bonds is 2. The van der Waals surface area contributed by atoms with Crippen LogP contribution in [0.2, 0.25) is 0 Å². The molecule has 0 unspecified atom stereocenters. The van der Waals surface area contributed by atoms with Gasteiger partial charge >= 0.3 is 0 Å². The molecule has 2 rings (SSSR count). The Labute approximate surface area is 78.5 Å². The molecule has 0 aromatic heterocycles. The molecule has 1 heterocycles. The first kappa shape index (κ1) is 8.42. The van der Waals surface area contributed by atoms with Gasteiger partial charge in [0.2, 0.25) is 0 Å². The molecule has 0 atom stereocenters. The van der Waals surface area contributed by atoms with Gasteiger partial charge in [-0.25, -0.2) is 0 Å². The molecule has 2 heteroatoms. The van der Waals surface area contributed by atoms with Gasteiger partial charge in [-0.15, -0.1) is 0 Å². The summed E-state index contributed by atoms with van der Waals surface area (Å²) in [6, 6.07) is 6.19. The summed E-state index contributed by atoms with van der Waals surface area (Å²) >= 11 is 0. The smallest absolute Gasteiger partial charge is 0.161 e. The van der Waals surface area contributed by atoms with Crippen LogP contribution in [0.3, 0.4) is 0 Å². The summed E-state index contributed by atoms with van der Waals surface area (Å²) in [5, 5.41) is 0. The molecule has 0 spiro atoms. The van der Waals surface area contributed by atoms with Crippen molar-refractivity contribution in [1.29, 1.82) is 0 Å². The van der Waals surface area contributed by atoms with Gasteiger partial charge in [-0.1, -0.05) is 19.4 Å². The molecule has 0 saturated carbocycles. The van der Waals surface area contributed by atoms with Crippen LogP contribution in [0.1, 0.15) is 18.9 Å². The standard InChI is InChI=1S/C11H14O2/c1-2-3-9-4-5-10-11(8-9)13-7-6-12-10/h4-5,8H,2-3,6-7H2,1H3. The molecule has 2 nitrogen and oxygen atoms in total. The molecular weight excluding hydrogens is 164 g/mol. The number of hydrogen-bond donors (Lipinski definition) is 0. The van der Waals surface area contributed by atoms with Crippen LogP contribution in [-0.2, 0) is 6.42 Å². The summed E-state index contributed by atoms with van der Waals surface area (Å²) < 4.78 is 10.9. The van der Waals surface area contributed by atoms with E-state index in [0.717, 1.165) is 17.9 Å². The molecule has 1 aromatic carbocycles. The van der Waals surface area contributed by atoms with E-state index in [0.29, 0.717) is 13.2 Å². The first-order valence-corrected chi connectivity index (χ1v) is 4.78. The summed E-state index contributed by atoms with van der Waals surface area (Å²) in [5.74, 6) is 1.78. The summed E-state index contributed by atoms with van der Waals surface area (Å²) in [7, 11) is 0. The lowest BCUT2D eigenvalue weighted by Crippen LogP contribution is -2.15. The Hall–Kier alpha value is -1.18. The van der Waals surface area contributed by atoms with E-state index in [4.69, 9.17) is 9.47 Å². The van der Waals surface area contributed by atoms with Crippen LogP contribution in [0.25, 0.3) is 0 Å². The lowest BCUT2D eigenvalue weighted by atomic mass is 10.1. The van der Waals surface area contributed by atoms with Gasteiger partial charge in [0.05, 0.1) is 0 Å². The highest BCUT2D eigenvalue weighted by atomic mass is 16.6. The summed E-state index contributed by atoms with van der Waals surface area (Å²) in [4.78, 5) is 0. The molecular formula is C11H14O2. The molecule has 13 heavy (non-hydrogen) atoms. The van der Waals surface area contributed by atoms with Gasteiger partial charge in [0.25, 0.3) is 0 Å². The lowest BCUT2D eigenvalue weighted by molar-refractivity contribution is 0.171. The largest absolute Gasteiger partial charge is 0.486 e. The van der Waals surface area contributed by atoms with Gasteiger partial charge in [-0.3, -0.25) is 0 Å². The normalized spacial score (nSPS) is 14.2. The number of hydrogen-bond acceptors (Lipinski definition) is 2. The molecule has 0 saturated heterocycles. The van der Waals surface area contributed by atoms with E-state index in [9.17, 15) is 0 Å². The third-order valence-corrected chi connectivity index (χ3v) is 2.15. The zero-order valence-electron chi connectivity index (χ0n) is 7.88. The minimum absolute atomic E-state index is 0.667. The van der Waals surface area contributed by atoms with Crippen LogP contribution in [0, 0.1) is 0 Å². The van der Waals surface area contributed by atoms with Gasteiger partial charge in [0.1, 0.15) is 13.2 Å². The fourth-order valence-corrected chi connectivity index (χ4v) is 1.53. The predicted octanol–water partition coefficient (Wildman–Crippen LogP) is 2.41. The Balaban J connectivity index is 2.24. The van der Waals surface area contributed by atoms with Crippen molar-refractivity contribution in [2.75, 3.05) is 13.2 Å². The van der Waals surface area contributed by atoms with Gasteiger partial charge in [-0.2, -0.15) is 0 Å².